The van der Waals surface area contributed by atoms with Gasteiger partial charge in [-0.15, -0.1) is 6.61 Å². The second kappa shape index (κ2) is 11.9. The average Bonchev–Trinajstić information content (AvgIpc) is 2.19. The average molecular weight is 189 g/mol. The molecule has 0 saturated heterocycles. The molecule has 0 aromatic heterocycles. The van der Waals surface area contributed by atoms with Gasteiger partial charge in [0.1, 0.15) is 0 Å². The molecule has 0 spiro atoms. The van der Waals surface area contributed by atoms with Crippen LogP contribution in [-0.2, 0) is 6.61 Å². The van der Waals surface area contributed by atoms with Crippen LogP contribution in [0.5, 0.6) is 0 Å². The summed E-state index contributed by atoms with van der Waals surface area (Å²) < 4.78 is 0. The minimum atomic E-state index is -0.110. The number of hydrogen-bond acceptors (Lipinski definition) is 1. The molecule has 1 nitrogen and oxygen atoms in total. The molecule has 0 saturated carbocycles. The monoisotopic (exact) mass is 188 g/mol. The molecule has 2 heteroatoms. The molecule has 0 unspecified atom stereocenters. The van der Waals surface area contributed by atoms with E-state index in [0.717, 1.165) is 12.0 Å². The van der Waals surface area contributed by atoms with Crippen LogP contribution in [0.2, 0.25) is 0 Å². The molecule has 0 aliphatic rings. The van der Waals surface area contributed by atoms with Gasteiger partial charge in [0.25, 0.3) is 0 Å². The normalized spacial score (nSPS) is 7.92. The molecule has 1 aromatic carbocycles. The molecular weight excluding hydrogens is 172 g/mol. The molecule has 0 N–H and O–H groups in total. The standard InChI is InChI=1S/C7H7O.C4H9.Mg/c8-6-7-4-2-1-3-5-7;1-3-4-2;/h1-5H,6H2;1,3-4H2,2H3;/q2*-1;+2. The van der Waals surface area contributed by atoms with E-state index >= 15 is 0 Å². The van der Waals surface area contributed by atoms with Crippen molar-refractivity contribution in [2.45, 2.75) is 26.4 Å². The fourth-order valence-corrected chi connectivity index (χ4v) is 0.574. The summed E-state index contributed by atoms with van der Waals surface area (Å²) in [5.74, 6) is 0. The Bertz CT molecular complexity index is 173. The molecule has 0 aliphatic carbocycles. The summed E-state index contributed by atoms with van der Waals surface area (Å²) in [4.78, 5) is 0. The summed E-state index contributed by atoms with van der Waals surface area (Å²) in [6.07, 6.45) is 2.28. The Morgan fingerprint density at radius 2 is 1.69 bits per heavy atom. The Morgan fingerprint density at radius 3 is 1.92 bits per heavy atom. The van der Waals surface area contributed by atoms with Crippen molar-refractivity contribution >= 4 is 23.1 Å². The fourth-order valence-electron chi connectivity index (χ4n) is 0.574. The quantitative estimate of drug-likeness (QED) is 0.513. The molecule has 0 amide bonds. The third-order valence-electron chi connectivity index (χ3n) is 1.36. The zero-order chi connectivity index (χ0) is 9.23. The van der Waals surface area contributed by atoms with Crippen molar-refractivity contribution in [1.82, 2.24) is 0 Å². The Hall–Kier alpha value is -0.0538. The van der Waals surface area contributed by atoms with Crippen molar-refractivity contribution in [2.75, 3.05) is 0 Å². The molecule has 0 atom stereocenters. The third-order valence-corrected chi connectivity index (χ3v) is 1.36. The predicted molar refractivity (Wildman–Crippen MR) is 56.2 cm³/mol. The maximum Gasteiger partial charge on any atom is 2.00 e. The van der Waals surface area contributed by atoms with Crippen molar-refractivity contribution in [3.63, 3.8) is 0 Å². The number of unbranched alkanes of at least 4 members (excludes halogenated alkanes) is 1. The van der Waals surface area contributed by atoms with E-state index in [0.29, 0.717) is 0 Å². The van der Waals surface area contributed by atoms with Crippen LogP contribution in [-0.4, -0.2) is 23.1 Å². The van der Waals surface area contributed by atoms with Crippen LogP contribution < -0.4 is 5.11 Å². The van der Waals surface area contributed by atoms with Gasteiger partial charge in [-0.05, 0) is 0 Å². The maximum absolute atomic E-state index is 10.1. The largest absolute Gasteiger partial charge is 2.00 e. The van der Waals surface area contributed by atoms with Gasteiger partial charge in [0.15, 0.2) is 0 Å². The van der Waals surface area contributed by atoms with Crippen LogP contribution in [0.3, 0.4) is 0 Å². The molecule has 0 fully saturated rings. The van der Waals surface area contributed by atoms with E-state index in [4.69, 9.17) is 0 Å². The van der Waals surface area contributed by atoms with Gasteiger partial charge in [0, 0.05) is 0 Å². The van der Waals surface area contributed by atoms with E-state index in [1.54, 1.807) is 0 Å². The van der Waals surface area contributed by atoms with Crippen molar-refractivity contribution in [1.29, 1.82) is 0 Å². The van der Waals surface area contributed by atoms with E-state index in [-0.39, 0.29) is 29.7 Å². The SMILES string of the molecule is [CH2-]CCC.[Mg+2].[O-]Cc1ccccc1. The minimum absolute atomic E-state index is 0. The van der Waals surface area contributed by atoms with Gasteiger partial charge >= 0.3 is 23.1 Å². The molecule has 0 bridgehead atoms. The summed E-state index contributed by atoms with van der Waals surface area (Å²) in [5, 5.41) is 10.1. The Morgan fingerprint density at radius 1 is 1.23 bits per heavy atom. The predicted octanol–water partition coefficient (Wildman–Crippen LogP) is 1.79. The van der Waals surface area contributed by atoms with Crippen molar-refractivity contribution in [3.05, 3.63) is 42.8 Å². The van der Waals surface area contributed by atoms with Crippen LogP contribution in [0.25, 0.3) is 0 Å². The molecule has 13 heavy (non-hydrogen) atoms. The van der Waals surface area contributed by atoms with Gasteiger partial charge < -0.3 is 12.0 Å². The van der Waals surface area contributed by atoms with Crippen molar-refractivity contribution < 1.29 is 5.11 Å². The molecule has 0 heterocycles. The zero-order valence-electron chi connectivity index (χ0n) is 8.33. The first-order valence-electron chi connectivity index (χ1n) is 4.26. The van der Waals surface area contributed by atoms with E-state index < -0.39 is 0 Å². The number of hydrogen-bond donors (Lipinski definition) is 0. The fraction of sp³-hybridized carbons (Fsp3) is 0.364. The van der Waals surface area contributed by atoms with Crippen molar-refractivity contribution in [3.8, 4) is 0 Å². The summed E-state index contributed by atoms with van der Waals surface area (Å²) in [6.45, 7) is 5.61. The van der Waals surface area contributed by atoms with Gasteiger partial charge in [-0.2, -0.15) is 6.42 Å². The van der Waals surface area contributed by atoms with Crippen LogP contribution in [0.1, 0.15) is 25.3 Å². The van der Waals surface area contributed by atoms with E-state index in [9.17, 15) is 5.11 Å². The van der Waals surface area contributed by atoms with Crippen LogP contribution in [0, 0.1) is 6.92 Å². The molecule has 1 rings (SSSR count). The smallest absolute Gasteiger partial charge is 0.851 e. The molecule has 0 aliphatic heterocycles. The molecule has 0 radical (unpaired) electrons. The van der Waals surface area contributed by atoms with Crippen molar-refractivity contribution in [2.24, 2.45) is 0 Å². The van der Waals surface area contributed by atoms with Crippen LogP contribution in [0.15, 0.2) is 30.3 Å². The van der Waals surface area contributed by atoms with Gasteiger partial charge in [0.05, 0.1) is 0 Å². The van der Waals surface area contributed by atoms with E-state index in [1.165, 1.54) is 6.42 Å². The summed E-state index contributed by atoms with van der Waals surface area (Å²) >= 11 is 0. The van der Waals surface area contributed by atoms with Gasteiger partial charge in [-0.3, -0.25) is 0 Å². The second-order valence-electron chi connectivity index (χ2n) is 2.48. The molecular formula is C11H16MgO. The van der Waals surface area contributed by atoms with E-state index in [1.807, 2.05) is 30.3 Å². The van der Waals surface area contributed by atoms with Gasteiger partial charge in [-0.1, -0.05) is 49.2 Å². The Kier molecular flexibility index (Phi) is 14.2. The van der Waals surface area contributed by atoms with Gasteiger partial charge in [-0.25, -0.2) is 0 Å². The first-order valence-corrected chi connectivity index (χ1v) is 4.26. The zero-order valence-corrected chi connectivity index (χ0v) is 9.74. The summed E-state index contributed by atoms with van der Waals surface area (Å²) in [7, 11) is 0. The van der Waals surface area contributed by atoms with Gasteiger partial charge in [0.2, 0.25) is 0 Å². The first kappa shape index (κ1) is 15.4. The summed E-state index contributed by atoms with van der Waals surface area (Å²) in [5.41, 5.74) is 0.854. The first-order chi connectivity index (χ1) is 5.85. The Balaban J connectivity index is 0. The Labute approximate surface area is 97.3 Å². The van der Waals surface area contributed by atoms with E-state index in [2.05, 4.69) is 13.8 Å². The maximum atomic E-state index is 10.1. The van der Waals surface area contributed by atoms with Crippen LogP contribution >= 0.6 is 0 Å². The van der Waals surface area contributed by atoms with Crippen LogP contribution in [0.4, 0.5) is 0 Å². The number of benzene rings is 1. The topological polar surface area (TPSA) is 23.1 Å². The second-order valence-corrected chi connectivity index (χ2v) is 2.48. The molecule has 1 aromatic rings. The third kappa shape index (κ3) is 9.86. The minimum Gasteiger partial charge on any atom is -0.851 e. The number of rotatable bonds is 2. The summed E-state index contributed by atoms with van der Waals surface area (Å²) in [6, 6.07) is 9.29. The molecule has 68 valence electrons.